The quantitative estimate of drug-likeness (QED) is 0.303. The predicted octanol–water partition coefficient (Wildman–Crippen LogP) is 4.70. The number of halogens is 2. The topological polar surface area (TPSA) is 83.0 Å². The zero-order chi connectivity index (χ0) is 22.8. The molecule has 0 radical (unpaired) electrons. The predicted molar refractivity (Wildman–Crippen MR) is 129 cm³/mol. The number of aliphatic hydroxyl groups excluding tert-OH is 2. The van der Waals surface area contributed by atoms with Gasteiger partial charge in [0.15, 0.2) is 0 Å². The van der Waals surface area contributed by atoms with Crippen molar-refractivity contribution in [1.82, 2.24) is 0 Å². The van der Waals surface area contributed by atoms with E-state index in [0.29, 0.717) is 34.6 Å². The van der Waals surface area contributed by atoms with Crippen molar-refractivity contribution in [3.8, 4) is 11.5 Å². The van der Waals surface area contributed by atoms with Crippen molar-refractivity contribution in [2.24, 2.45) is 0 Å². The van der Waals surface area contributed by atoms with Crippen molar-refractivity contribution in [1.29, 1.82) is 0 Å². The van der Waals surface area contributed by atoms with Crippen molar-refractivity contribution < 1.29 is 19.7 Å². The Hall–Kier alpha value is -2.64. The summed E-state index contributed by atoms with van der Waals surface area (Å²) in [6, 6.07) is 21.7. The van der Waals surface area contributed by atoms with Crippen LogP contribution in [0.4, 0.5) is 11.4 Å². The van der Waals surface area contributed by atoms with Crippen molar-refractivity contribution in [3.63, 3.8) is 0 Å². The van der Waals surface area contributed by atoms with E-state index in [9.17, 15) is 10.2 Å². The van der Waals surface area contributed by atoms with Crippen molar-refractivity contribution in [3.05, 3.63) is 82.8 Å². The van der Waals surface area contributed by atoms with E-state index in [-0.39, 0.29) is 13.2 Å². The number of benzene rings is 3. The molecule has 170 valence electrons. The van der Waals surface area contributed by atoms with Gasteiger partial charge in [0.1, 0.15) is 36.9 Å². The molecule has 0 saturated heterocycles. The van der Waals surface area contributed by atoms with Crippen LogP contribution in [0.3, 0.4) is 0 Å². The molecule has 3 aromatic carbocycles. The lowest BCUT2D eigenvalue weighted by molar-refractivity contribution is 0.115. The standard InChI is InChI=1S/C24H26Cl2N2O4/c25-21-5-1-3-7-23(21)27-13-17(29)15-31-19-9-11-20(12-10-19)32-16-18(30)14-28-24-8-4-2-6-22(24)26/h1-12,17-18,27-30H,13-16H2/t17-,18+. The highest BCUT2D eigenvalue weighted by molar-refractivity contribution is 6.33. The summed E-state index contributed by atoms with van der Waals surface area (Å²) in [5, 5.41) is 27.6. The maximum Gasteiger partial charge on any atom is 0.119 e. The van der Waals surface area contributed by atoms with Gasteiger partial charge in [-0.05, 0) is 48.5 Å². The Bertz CT molecular complexity index is 894. The average Bonchev–Trinajstić information content (AvgIpc) is 2.81. The molecule has 32 heavy (non-hydrogen) atoms. The summed E-state index contributed by atoms with van der Waals surface area (Å²) in [5.74, 6) is 1.21. The third kappa shape index (κ3) is 7.80. The zero-order valence-electron chi connectivity index (χ0n) is 17.4. The second-order valence-corrected chi connectivity index (χ2v) is 7.94. The molecule has 0 saturated carbocycles. The first-order valence-corrected chi connectivity index (χ1v) is 11.0. The van der Waals surface area contributed by atoms with Gasteiger partial charge in [-0.1, -0.05) is 47.5 Å². The molecule has 0 aromatic heterocycles. The van der Waals surface area contributed by atoms with Gasteiger partial charge < -0.3 is 30.3 Å². The second kappa shape index (κ2) is 12.4. The fourth-order valence-electron chi connectivity index (χ4n) is 2.80. The van der Waals surface area contributed by atoms with Crippen LogP contribution < -0.4 is 20.1 Å². The Morgan fingerprint density at radius 1 is 0.625 bits per heavy atom. The molecule has 0 aliphatic rings. The molecule has 3 rings (SSSR count). The van der Waals surface area contributed by atoms with Gasteiger partial charge >= 0.3 is 0 Å². The van der Waals surface area contributed by atoms with Crippen LogP contribution in [0.25, 0.3) is 0 Å². The van der Waals surface area contributed by atoms with Crippen LogP contribution in [0.1, 0.15) is 0 Å². The molecule has 0 spiro atoms. The van der Waals surface area contributed by atoms with Crippen LogP contribution in [0.5, 0.6) is 11.5 Å². The highest BCUT2D eigenvalue weighted by atomic mass is 35.5. The number of nitrogens with one attached hydrogen (secondary N) is 2. The molecule has 3 aromatic rings. The number of anilines is 2. The second-order valence-electron chi connectivity index (χ2n) is 7.12. The van der Waals surface area contributed by atoms with Crippen LogP contribution in [0.2, 0.25) is 10.0 Å². The first-order valence-electron chi connectivity index (χ1n) is 10.2. The fraction of sp³-hybridized carbons (Fsp3) is 0.250. The monoisotopic (exact) mass is 476 g/mol. The first-order chi connectivity index (χ1) is 15.5. The summed E-state index contributed by atoms with van der Waals surface area (Å²) in [7, 11) is 0. The number of para-hydroxylation sites is 2. The Morgan fingerprint density at radius 2 is 1.00 bits per heavy atom. The molecular formula is C24H26Cl2N2O4. The van der Waals surface area contributed by atoms with E-state index in [0.717, 1.165) is 11.4 Å². The Morgan fingerprint density at radius 3 is 1.38 bits per heavy atom. The molecule has 0 bridgehead atoms. The molecule has 6 nitrogen and oxygen atoms in total. The van der Waals surface area contributed by atoms with Gasteiger partial charge in [-0.25, -0.2) is 0 Å². The van der Waals surface area contributed by atoms with E-state index in [1.54, 1.807) is 36.4 Å². The number of aliphatic hydroxyl groups is 2. The van der Waals surface area contributed by atoms with Gasteiger partial charge in [-0.15, -0.1) is 0 Å². The zero-order valence-corrected chi connectivity index (χ0v) is 18.9. The average molecular weight is 477 g/mol. The molecule has 0 fully saturated rings. The molecule has 8 heteroatoms. The highest BCUT2D eigenvalue weighted by Gasteiger charge is 2.09. The highest BCUT2D eigenvalue weighted by Crippen LogP contribution is 2.22. The van der Waals surface area contributed by atoms with Crippen molar-refractivity contribution in [2.75, 3.05) is 36.9 Å². The van der Waals surface area contributed by atoms with Gasteiger partial charge in [0.2, 0.25) is 0 Å². The normalized spacial score (nSPS) is 12.6. The van der Waals surface area contributed by atoms with Gasteiger partial charge in [-0.3, -0.25) is 0 Å². The Kier molecular flexibility index (Phi) is 9.31. The van der Waals surface area contributed by atoms with E-state index in [1.165, 1.54) is 0 Å². The molecular weight excluding hydrogens is 451 g/mol. The molecule has 0 aliphatic carbocycles. The third-order valence-electron chi connectivity index (χ3n) is 4.51. The van der Waals surface area contributed by atoms with Gasteiger partial charge in [0.25, 0.3) is 0 Å². The summed E-state index contributed by atoms with van der Waals surface area (Å²) in [6.07, 6.45) is -1.41. The minimum Gasteiger partial charge on any atom is -0.491 e. The summed E-state index contributed by atoms with van der Waals surface area (Å²) >= 11 is 12.2. The van der Waals surface area contributed by atoms with E-state index in [2.05, 4.69) is 10.6 Å². The summed E-state index contributed by atoms with van der Waals surface area (Å²) in [5.41, 5.74) is 1.53. The number of hydrogen-bond acceptors (Lipinski definition) is 6. The smallest absolute Gasteiger partial charge is 0.119 e. The summed E-state index contributed by atoms with van der Waals surface area (Å²) in [6.45, 7) is 0.879. The summed E-state index contributed by atoms with van der Waals surface area (Å²) in [4.78, 5) is 0. The van der Waals surface area contributed by atoms with E-state index in [4.69, 9.17) is 32.7 Å². The van der Waals surface area contributed by atoms with Crippen LogP contribution in [0, 0.1) is 0 Å². The lowest BCUT2D eigenvalue weighted by atomic mass is 10.3. The Balaban J connectivity index is 1.35. The maximum atomic E-state index is 10.1. The molecule has 4 N–H and O–H groups in total. The van der Waals surface area contributed by atoms with Crippen LogP contribution in [-0.2, 0) is 0 Å². The van der Waals surface area contributed by atoms with Crippen molar-refractivity contribution >= 4 is 34.6 Å². The molecule has 2 atom stereocenters. The molecule has 0 aliphatic heterocycles. The molecule has 0 unspecified atom stereocenters. The first kappa shape index (κ1) is 24.0. The summed E-state index contributed by atoms with van der Waals surface area (Å²) < 4.78 is 11.2. The Labute approximate surface area is 197 Å². The molecule has 0 heterocycles. The maximum absolute atomic E-state index is 10.1. The lowest BCUT2D eigenvalue weighted by Crippen LogP contribution is -2.26. The van der Waals surface area contributed by atoms with Crippen LogP contribution in [0.15, 0.2) is 72.8 Å². The molecule has 0 amide bonds. The van der Waals surface area contributed by atoms with Crippen LogP contribution in [-0.4, -0.2) is 48.7 Å². The van der Waals surface area contributed by atoms with Crippen LogP contribution >= 0.6 is 23.2 Å². The van der Waals surface area contributed by atoms with E-state index in [1.807, 2.05) is 36.4 Å². The number of ether oxygens (including phenoxy) is 2. The van der Waals surface area contributed by atoms with Gasteiger partial charge in [0.05, 0.1) is 21.4 Å². The van der Waals surface area contributed by atoms with E-state index >= 15 is 0 Å². The largest absolute Gasteiger partial charge is 0.491 e. The van der Waals surface area contributed by atoms with E-state index < -0.39 is 12.2 Å². The third-order valence-corrected chi connectivity index (χ3v) is 5.17. The van der Waals surface area contributed by atoms with Crippen molar-refractivity contribution in [2.45, 2.75) is 12.2 Å². The lowest BCUT2D eigenvalue weighted by Gasteiger charge is -2.16. The van der Waals surface area contributed by atoms with Gasteiger partial charge in [0, 0.05) is 13.1 Å². The minimum atomic E-state index is -0.706. The SMILES string of the molecule is O[C@H](CNc1ccccc1Cl)COc1ccc(OC[C@@H](O)CNc2ccccc2Cl)cc1. The minimum absolute atomic E-state index is 0.129. The number of hydrogen-bond donors (Lipinski definition) is 4. The van der Waals surface area contributed by atoms with Gasteiger partial charge in [-0.2, -0.15) is 0 Å². The number of rotatable bonds is 12. The fourth-order valence-corrected chi connectivity index (χ4v) is 3.20.